The summed E-state index contributed by atoms with van der Waals surface area (Å²) in [6.45, 7) is 3.33. The zero-order chi connectivity index (χ0) is 19.1. The van der Waals surface area contributed by atoms with Crippen LogP contribution in [0.25, 0.3) is 6.08 Å². The number of halogens is 1. The Morgan fingerprint density at radius 2 is 1.92 bits per heavy atom. The summed E-state index contributed by atoms with van der Waals surface area (Å²) < 4.78 is 23.7. The molecule has 0 aliphatic heterocycles. The van der Waals surface area contributed by atoms with Crippen LogP contribution in [0.2, 0.25) is 0 Å². The van der Waals surface area contributed by atoms with Crippen molar-refractivity contribution in [3.63, 3.8) is 0 Å². The second kappa shape index (κ2) is 8.80. The van der Waals surface area contributed by atoms with Crippen LogP contribution < -0.4 is 10.1 Å². The average molecular weight is 357 g/mol. The van der Waals surface area contributed by atoms with E-state index < -0.39 is 23.8 Å². The first-order valence-corrected chi connectivity index (χ1v) is 7.99. The largest absolute Gasteiger partial charge is 0.495 e. The predicted molar refractivity (Wildman–Crippen MR) is 97.3 cm³/mol. The number of amides is 1. The van der Waals surface area contributed by atoms with Crippen molar-refractivity contribution < 1.29 is 23.5 Å². The van der Waals surface area contributed by atoms with Gasteiger partial charge in [0.15, 0.2) is 6.10 Å². The molecule has 0 aliphatic carbocycles. The molecule has 0 radical (unpaired) electrons. The highest BCUT2D eigenvalue weighted by molar-refractivity contribution is 5.97. The molecule has 0 bridgehead atoms. The topological polar surface area (TPSA) is 64.6 Å². The van der Waals surface area contributed by atoms with Crippen molar-refractivity contribution in [2.75, 3.05) is 12.4 Å². The Balaban J connectivity index is 1.97. The van der Waals surface area contributed by atoms with E-state index >= 15 is 0 Å². The van der Waals surface area contributed by atoms with Gasteiger partial charge in [0.05, 0.1) is 12.8 Å². The average Bonchev–Trinajstić information content (AvgIpc) is 2.61. The molecule has 0 fully saturated rings. The molecule has 2 rings (SSSR count). The molecule has 26 heavy (non-hydrogen) atoms. The van der Waals surface area contributed by atoms with Gasteiger partial charge >= 0.3 is 5.97 Å². The van der Waals surface area contributed by atoms with Gasteiger partial charge in [-0.05, 0) is 43.7 Å². The van der Waals surface area contributed by atoms with Crippen molar-refractivity contribution in [2.24, 2.45) is 0 Å². The lowest BCUT2D eigenvalue weighted by Crippen LogP contribution is -2.29. The molecular formula is C20H20FNO4. The fourth-order valence-electron chi connectivity index (χ4n) is 2.19. The summed E-state index contributed by atoms with van der Waals surface area (Å²) in [5.74, 6) is -1.19. The number of hydrogen-bond donors (Lipinski definition) is 1. The molecule has 6 heteroatoms. The smallest absolute Gasteiger partial charge is 0.331 e. The molecule has 0 unspecified atom stereocenters. The second-order valence-electron chi connectivity index (χ2n) is 5.63. The molecule has 1 N–H and O–H groups in total. The van der Waals surface area contributed by atoms with E-state index in [-0.39, 0.29) is 5.56 Å². The monoisotopic (exact) mass is 357 g/mol. The maximum atomic E-state index is 13.5. The first kappa shape index (κ1) is 19.2. The van der Waals surface area contributed by atoms with Gasteiger partial charge < -0.3 is 14.8 Å². The Bertz CT molecular complexity index is 832. The van der Waals surface area contributed by atoms with Crippen LogP contribution in [-0.4, -0.2) is 25.1 Å². The number of rotatable bonds is 6. The molecule has 2 aromatic carbocycles. The van der Waals surface area contributed by atoms with Crippen LogP contribution in [0.4, 0.5) is 10.1 Å². The maximum Gasteiger partial charge on any atom is 0.331 e. The minimum Gasteiger partial charge on any atom is -0.495 e. The molecule has 5 nitrogen and oxygen atoms in total. The van der Waals surface area contributed by atoms with Gasteiger partial charge in [-0.1, -0.05) is 24.3 Å². The van der Waals surface area contributed by atoms with Crippen LogP contribution in [0.3, 0.4) is 0 Å². The third-order valence-corrected chi connectivity index (χ3v) is 3.58. The zero-order valence-corrected chi connectivity index (χ0v) is 14.8. The van der Waals surface area contributed by atoms with E-state index in [9.17, 15) is 14.0 Å². The number of benzene rings is 2. The van der Waals surface area contributed by atoms with Gasteiger partial charge in [-0.3, -0.25) is 4.79 Å². The maximum absolute atomic E-state index is 13.5. The van der Waals surface area contributed by atoms with E-state index in [0.29, 0.717) is 11.4 Å². The number of aryl methyl sites for hydroxylation is 1. The number of hydrogen-bond acceptors (Lipinski definition) is 4. The molecule has 0 aliphatic rings. The molecule has 0 aromatic heterocycles. The van der Waals surface area contributed by atoms with E-state index in [2.05, 4.69) is 5.32 Å². The molecular weight excluding hydrogens is 337 g/mol. The van der Waals surface area contributed by atoms with Crippen LogP contribution in [-0.2, 0) is 14.3 Å². The molecule has 1 atom stereocenters. The van der Waals surface area contributed by atoms with Gasteiger partial charge in [-0.2, -0.15) is 0 Å². The van der Waals surface area contributed by atoms with Crippen LogP contribution in [0.15, 0.2) is 48.5 Å². The van der Waals surface area contributed by atoms with Gasteiger partial charge in [-0.15, -0.1) is 0 Å². The minimum atomic E-state index is -1.03. The predicted octanol–water partition coefficient (Wildman–Crippen LogP) is 3.73. The number of carbonyl (C=O) groups is 2. The molecule has 1 amide bonds. The Labute approximate surface area is 151 Å². The van der Waals surface area contributed by atoms with Gasteiger partial charge in [0.2, 0.25) is 0 Å². The molecule has 0 saturated carbocycles. The van der Waals surface area contributed by atoms with Crippen molar-refractivity contribution in [1.29, 1.82) is 0 Å². The molecule has 136 valence electrons. The van der Waals surface area contributed by atoms with Crippen molar-refractivity contribution in [3.05, 3.63) is 65.5 Å². The number of carbonyl (C=O) groups excluding carboxylic acids is 2. The SMILES string of the molecule is COc1ccc(C)cc1NC(=O)[C@@H](C)OC(=O)/C=C/c1ccccc1F. The first-order valence-electron chi connectivity index (χ1n) is 7.99. The summed E-state index contributed by atoms with van der Waals surface area (Å²) in [5.41, 5.74) is 1.69. The minimum absolute atomic E-state index is 0.256. The van der Waals surface area contributed by atoms with Crippen molar-refractivity contribution >= 4 is 23.6 Å². The number of anilines is 1. The first-order chi connectivity index (χ1) is 12.4. The number of ether oxygens (including phenoxy) is 2. The lowest BCUT2D eigenvalue weighted by molar-refractivity contribution is -0.148. The summed E-state index contributed by atoms with van der Waals surface area (Å²) in [5, 5.41) is 2.67. The van der Waals surface area contributed by atoms with Crippen molar-refractivity contribution in [2.45, 2.75) is 20.0 Å². The van der Waals surface area contributed by atoms with Crippen molar-refractivity contribution in [1.82, 2.24) is 0 Å². The van der Waals surface area contributed by atoms with E-state index in [0.717, 1.165) is 11.6 Å². The molecule has 0 spiro atoms. The van der Waals surface area contributed by atoms with Crippen LogP contribution in [0, 0.1) is 12.7 Å². The van der Waals surface area contributed by atoms with E-state index in [1.165, 1.54) is 32.2 Å². The van der Waals surface area contributed by atoms with Crippen LogP contribution in [0.1, 0.15) is 18.1 Å². The summed E-state index contributed by atoms with van der Waals surface area (Å²) in [4.78, 5) is 24.1. The number of esters is 1. The summed E-state index contributed by atoms with van der Waals surface area (Å²) in [6.07, 6.45) is 1.35. The third-order valence-electron chi connectivity index (χ3n) is 3.58. The molecule has 0 saturated heterocycles. The third kappa shape index (κ3) is 5.17. The highest BCUT2D eigenvalue weighted by atomic mass is 19.1. The Morgan fingerprint density at radius 3 is 2.62 bits per heavy atom. The fourth-order valence-corrected chi connectivity index (χ4v) is 2.19. The van der Waals surface area contributed by atoms with E-state index in [1.807, 2.05) is 13.0 Å². The summed E-state index contributed by atoms with van der Waals surface area (Å²) >= 11 is 0. The summed E-state index contributed by atoms with van der Waals surface area (Å²) in [7, 11) is 1.50. The van der Waals surface area contributed by atoms with Crippen molar-refractivity contribution in [3.8, 4) is 5.75 Å². The van der Waals surface area contributed by atoms with Gasteiger partial charge in [0.25, 0.3) is 5.91 Å². The van der Waals surface area contributed by atoms with Gasteiger partial charge in [0, 0.05) is 11.6 Å². The lowest BCUT2D eigenvalue weighted by Gasteiger charge is -2.15. The molecule has 2 aromatic rings. The van der Waals surface area contributed by atoms with Crippen LogP contribution >= 0.6 is 0 Å². The Morgan fingerprint density at radius 1 is 1.19 bits per heavy atom. The normalized spacial score (nSPS) is 11.8. The second-order valence-corrected chi connectivity index (χ2v) is 5.63. The van der Waals surface area contributed by atoms with Gasteiger partial charge in [-0.25, -0.2) is 9.18 Å². The lowest BCUT2D eigenvalue weighted by atomic mass is 10.2. The zero-order valence-electron chi connectivity index (χ0n) is 14.8. The number of nitrogens with one attached hydrogen (secondary N) is 1. The Kier molecular flexibility index (Phi) is 6.49. The van der Waals surface area contributed by atoms with E-state index in [4.69, 9.17) is 9.47 Å². The highest BCUT2D eigenvalue weighted by Crippen LogP contribution is 2.25. The standard InChI is InChI=1S/C20H20FNO4/c1-13-8-10-18(25-3)17(12-13)22-20(24)14(2)26-19(23)11-9-15-6-4-5-7-16(15)21/h4-12,14H,1-3H3,(H,22,24)/b11-9+/t14-/m1/s1. The highest BCUT2D eigenvalue weighted by Gasteiger charge is 2.18. The number of methoxy groups -OCH3 is 1. The quantitative estimate of drug-likeness (QED) is 0.632. The molecule has 0 heterocycles. The fraction of sp³-hybridized carbons (Fsp3) is 0.200. The Hall–Kier alpha value is -3.15. The summed E-state index contributed by atoms with van der Waals surface area (Å²) in [6, 6.07) is 11.4. The van der Waals surface area contributed by atoms with Gasteiger partial charge in [0.1, 0.15) is 11.6 Å². The van der Waals surface area contributed by atoms with E-state index in [1.54, 1.807) is 24.3 Å². The van der Waals surface area contributed by atoms with Crippen LogP contribution in [0.5, 0.6) is 5.75 Å².